The van der Waals surface area contributed by atoms with Crippen LogP contribution in [0.2, 0.25) is 5.02 Å². The van der Waals surface area contributed by atoms with E-state index in [-0.39, 0.29) is 11.9 Å². The zero-order valence-electron chi connectivity index (χ0n) is 11.4. The Morgan fingerprint density at radius 1 is 1.25 bits per heavy atom. The zero-order valence-corrected chi connectivity index (χ0v) is 12.2. The molecule has 0 fully saturated rings. The summed E-state index contributed by atoms with van der Waals surface area (Å²) in [5.74, 6) is -0.223. The number of hydrogen-bond donors (Lipinski definition) is 1. The van der Waals surface area contributed by atoms with E-state index in [1.165, 1.54) is 6.20 Å². The van der Waals surface area contributed by atoms with E-state index in [2.05, 4.69) is 15.3 Å². The molecule has 0 aliphatic carbocycles. The molecular weight excluding hydrogens is 274 g/mol. The van der Waals surface area contributed by atoms with Crippen molar-refractivity contribution in [1.82, 2.24) is 15.3 Å². The number of amides is 1. The second-order valence-corrected chi connectivity index (χ2v) is 4.97. The molecule has 1 N–H and O–H groups in total. The molecule has 0 bridgehead atoms. The van der Waals surface area contributed by atoms with E-state index < -0.39 is 0 Å². The maximum atomic E-state index is 12.1. The largest absolute Gasteiger partial charge is 0.344 e. The molecule has 1 heterocycles. The van der Waals surface area contributed by atoms with Gasteiger partial charge in [0.2, 0.25) is 0 Å². The van der Waals surface area contributed by atoms with Crippen molar-refractivity contribution in [3.8, 4) is 0 Å². The first kappa shape index (κ1) is 14.5. The normalized spacial score (nSPS) is 11.9. The van der Waals surface area contributed by atoms with Gasteiger partial charge < -0.3 is 5.32 Å². The van der Waals surface area contributed by atoms with Crippen LogP contribution in [-0.4, -0.2) is 15.9 Å². The first-order valence-electron chi connectivity index (χ1n) is 6.45. The third kappa shape index (κ3) is 3.54. The Morgan fingerprint density at radius 2 is 1.95 bits per heavy atom. The first-order valence-corrected chi connectivity index (χ1v) is 6.83. The third-order valence-corrected chi connectivity index (χ3v) is 3.25. The second-order valence-electron chi connectivity index (χ2n) is 4.53. The van der Waals surface area contributed by atoms with Crippen molar-refractivity contribution in [2.24, 2.45) is 0 Å². The fourth-order valence-corrected chi connectivity index (χ4v) is 1.98. The van der Waals surface area contributed by atoms with Crippen molar-refractivity contribution in [2.75, 3.05) is 0 Å². The molecule has 104 valence electrons. The average molecular weight is 290 g/mol. The molecule has 5 heteroatoms. The topological polar surface area (TPSA) is 54.9 Å². The van der Waals surface area contributed by atoms with Crippen LogP contribution in [0.3, 0.4) is 0 Å². The molecule has 4 nitrogen and oxygen atoms in total. The number of carbonyl (C=O) groups excluding carboxylic acids is 1. The highest BCUT2D eigenvalue weighted by molar-refractivity contribution is 6.30. The van der Waals surface area contributed by atoms with Gasteiger partial charge in [0.25, 0.3) is 5.91 Å². The van der Waals surface area contributed by atoms with Crippen LogP contribution in [0.25, 0.3) is 0 Å². The van der Waals surface area contributed by atoms with E-state index in [0.29, 0.717) is 10.7 Å². The summed E-state index contributed by atoms with van der Waals surface area (Å²) in [6.07, 6.45) is 3.85. The minimum absolute atomic E-state index is 0.0668. The minimum Gasteiger partial charge on any atom is -0.344 e. The van der Waals surface area contributed by atoms with Gasteiger partial charge in [0.15, 0.2) is 0 Å². The van der Waals surface area contributed by atoms with Gasteiger partial charge in [-0.25, -0.2) is 4.98 Å². The van der Waals surface area contributed by atoms with Gasteiger partial charge in [-0.3, -0.25) is 9.78 Å². The summed E-state index contributed by atoms with van der Waals surface area (Å²) in [6, 6.07) is 7.40. The van der Waals surface area contributed by atoms with Gasteiger partial charge in [0.05, 0.1) is 17.9 Å². The summed E-state index contributed by atoms with van der Waals surface area (Å²) in [5, 5.41) is 3.63. The third-order valence-electron chi connectivity index (χ3n) is 3.00. The van der Waals surface area contributed by atoms with Crippen LogP contribution in [-0.2, 0) is 0 Å². The van der Waals surface area contributed by atoms with Crippen LogP contribution in [0, 0.1) is 6.92 Å². The molecule has 2 aromatic rings. The van der Waals surface area contributed by atoms with Crippen LogP contribution >= 0.6 is 11.6 Å². The van der Waals surface area contributed by atoms with E-state index in [9.17, 15) is 4.79 Å². The molecule has 20 heavy (non-hydrogen) atoms. The van der Waals surface area contributed by atoms with Crippen LogP contribution in [0.1, 0.15) is 41.1 Å². The summed E-state index contributed by atoms with van der Waals surface area (Å²) >= 11 is 5.87. The summed E-state index contributed by atoms with van der Waals surface area (Å²) in [7, 11) is 0. The van der Waals surface area contributed by atoms with Gasteiger partial charge in [-0.15, -0.1) is 0 Å². The summed E-state index contributed by atoms with van der Waals surface area (Å²) in [4.78, 5) is 20.3. The number of aromatic nitrogens is 2. The Hall–Kier alpha value is -1.94. The first-order chi connectivity index (χ1) is 9.60. The standard InChI is InChI=1S/C15H16ClN3O/c1-3-13(11-4-6-12(16)7-5-11)19-15(20)14-9-17-10(2)8-18-14/h4-9,13H,3H2,1-2H3,(H,19,20)/t13-/m1/s1. The summed E-state index contributed by atoms with van der Waals surface area (Å²) in [5.41, 5.74) is 2.12. The van der Waals surface area contributed by atoms with Gasteiger partial charge in [-0.1, -0.05) is 30.7 Å². The number of hydrogen-bond acceptors (Lipinski definition) is 3. The van der Waals surface area contributed by atoms with E-state index in [1.54, 1.807) is 6.20 Å². The molecule has 1 amide bonds. The van der Waals surface area contributed by atoms with Crippen LogP contribution in [0.15, 0.2) is 36.7 Å². The lowest BCUT2D eigenvalue weighted by Crippen LogP contribution is -2.29. The predicted octanol–water partition coefficient (Wildman–Crippen LogP) is 3.32. The Morgan fingerprint density at radius 3 is 2.50 bits per heavy atom. The number of rotatable bonds is 4. The summed E-state index contributed by atoms with van der Waals surface area (Å²) in [6.45, 7) is 3.84. The number of halogens is 1. The highest BCUT2D eigenvalue weighted by atomic mass is 35.5. The number of carbonyl (C=O) groups is 1. The summed E-state index contributed by atoms with van der Waals surface area (Å²) < 4.78 is 0. The van der Waals surface area contributed by atoms with Crippen LogP contribution in [0.5, 0.6) is 0 Å². The van der Waals surface area contributed by atoms with E-state index >= 15 is 0 Å². The van der Waals surface area contributed by atoms with Crippen molar-refractivity contribution in [1.29, 1.82) is 0 Å². The van der Waals surface area contributed by atoms with Crippen molar-refractivity contribution in [3.05, 3.63) is 58.6 Å². The minimum atomic E-state index is -0.223. The van der Waals surface area contributed by atoms with Crippen molar-refractivity contribution in [2.45, 2.75) is 26.3 Å². The Bertz CT molecular complexity index is 581. The number of aryl methyl sites for hydroxylation is 1. The van der Waals surface area contributed by atoms with Crippen LogP contribution < -0.4 is 5.32 Å². The van der Waals surface area contributed by atoms with Gasteiger partial charge in [-0.2, -0.15) is 0 Å². The maximum absolute atomic E-state index is 12.1. The fraction of sp³-hybridized carbons (Fsp3) is 0.267. The van der Waals surface area contributed by atoms with Crippen molar-refractivity contribution in [3.63, 3.8) is 0 Å². The fourth-order valence-electron chi connectivity index (χ4n) is 1.86. The molecule has 1 aromatic heterocycles. The Balaban J connectivity index is 2.11. The number of nitrogens with one attached hydrogen (secondary N) is 1. The molecular formula is C15H16ClN3O. The highest BCUT2D eigenvalue weighted by Crippen LogP contribution is 2.19. The lowest BCUT2D eigenvalue weighted by molar-refractivity contribution is 0.0930. The molecule has 1 aromatic carbocycles. The number of nitrogens with zero attached hydrogens (tertiary/aromatic N) is 2. The van der Waals surface area contributed by atoms with Gasteiger partial charge in [-0.05, 0) is 31.0 Å². The van der Waals surface area contributed by atoms with Gasteiger partial charge in [0.1, 0.15) is 5.69 Å². The van der Waals surface area contributed by atoms with Gasteiger partial charge in [0, 0.05) is 11.2 Å². The molecule has 0 saturated heterocycles. The maximum Gasteiger partial charge on any atom is 0.271 e. The van der Waals surface area contributed by atoms with Crippen LogP contribution in [0.4, 0.5) is 0 Å². The Kier molecular flexibility index (Phi) is 4.69. The lowest BCUT2D eigenvalue weighted by Gasteiger charge is -2.17. The molecule has 2 rings (SSSR count). The van der Waals surface area contributed by atoms with Crippen molar-refractivity contribution >= 4 is 17.5 Å². The molecule has 0 unspecified atom stereocenters. The average Bonchev–Trinajstić information content (AvgIpc) is 2.46. The quantitative estimate of drug-likeness (QED) is 0.939. The second kappa shape index (κ2) is 6.48. The van der Waals surface area contributed by atoms with E-state index in [0.717, 1.165) is 17.7 Å². The molecule has 0 saturated carbocycles. The Labute approximate surface area is 123 Å². The zero-order chi connectivity index (χ0) is 14.5. The van der Waals surface area contributed by atoms with Gasteiger partial charge >= 0.3 is 0 Å². The predicted molar refractivity (Wildman–Crippen MR) is 78.7 cm³/mol. The molecule has 0 spiro atoms. The lowest BCUT2D eigenvalue weighted by atomic mass is 10.0. The van der Waals surface area contributed by atoms with E-state index in [4.69, 9.17) is 11.6 Å². The molecule has 1 atom stereocenters. The molecule has 0 aliphatic rings. The number of benzene rings is 1. The smallest absolute Gasteiger partial charge is 0.271 e. The van der Waals surface area contributed by atoms with E-state index in [1.807, 2.05) is 38.1 Å². The highest BCUT2D eigenvalue weighted by Gasteiger charge is 2.15. The monoisotopic (exact) mass is 289 g/mol. The SMILES string of the molecule is CC[C@@H](NC(=O)c1cnc(C)cn1)c1ccc(Cl)cc1. The molecule has 0 radical (unpaired) electrons. The molecule has 0 aliphatic heterocycles. The van der Waals surface area contributed by atoms with Crippen molar-refractivity contribution < 1.29 is 4.79 Å².